The second kappa shape index (κ2) is 22.1. The number of rotatable bonds is 4. The van der Waals surface area contributed by atoms with Crippen molar-refractivity contribution >= 4 is 92.4 Å². The number of hydrogen-bond acceptors (Lipinski definition) is 9. The summed E-state index contributed by atoms with van der Waals surface area (Å²) < 4.78 is 13.4. The van der Waals surface area contributed by atoms with Gasteiger partial charge in [0.15, 0.2) is 0 Å². The summed E-state index contributed by atoms with van der Waals surface area (Å²) in [6, 6.07) is 5.99. The van der Waals surface area contributed by atoms with Gasteiger partial charge in [0.25, 0.3) is 0 Å². The van der Waals surface area contributed by atoms with Gasteiger partial charge in [-0.2, -0.15) is 0 Å². The first-order valence-electron chi connectivity index (χ1n) is 7.66. The first-order chi connectivity index (χ1) is 14.9. The van der Waals surface area contributed by atoms with Crippen molar-refractivity contribution in [1.82, 2.24) is 9.97 Å². The third-order valence-corrected chi connectivity index (χ3v) is 2.99. The van der Waals surface area contributed by atoms with Crippen molar-refractivity contribution in [2.24, 2.45) is 0 Å². The van der Waals surface area contributed by atoms with Gasteiger partial charge in [0.2, 0.25) is 0 Å². The topological polar surface area (TPSA) is 125 Å². The third kappa shape index (κ3) is 15.0. The Hall–Kier alpha value is 0.320. The van der Waals surface area contributed by atoms with Crippen LogP contribution in [0.15, 0.2) is 36.7 Å². The number of aliphatic hydroxyl groups is 1. The number of aromatic nitrogens is 2. The van der Waals surface area contributed by atoms with E-state index in [1.165, 1.54) is 45.9 Å². The Labute approximate surface area is 233 Å². The van der Waals surface area contributed by atoms with Crippen LogP contribution in [-0.4, -0.2) is 54.3 Å². The third-order valence-electron chi connectivity index (χ3n) is 2.99. The van der Waals surface area contributed by atoms with Crippen LogP contribution < -0.4 is 13.3 Å². The average molecular weight is 997 g/mol. The summed E-state index contributed by atoms with van der Waals surface area (Å²) in [7, 11) is 3.84. The molecular formula is C17H18I5N2O7-. The predicted molar refractivity (Wildman–Crippen MR) is 144 cm³/mol. The maximum absolute atomic E-state index is 11.0. The van der Waals surface area contributed by atoms with E-state index >= 15 is 0 Å². The van der Waals surface area contributed by atoms with Gasteiger partial charge in [-0.1, -0.05) is 0 Å². The standard InChI is InChI=1S/C9H9NO4.C8H9NO3.I3.I2/c1-13-8(11)6-3-4-7(10-5-6)9(12)14-2;1-12-8(11)6-2-3-7(5-10)9-4-6;1-3-2;1-2/h3-5H,1-2H3;2-4,10H,5H2,1H3;;/q;;-1;. The molecule has 0 atom stereocenters. The number of aliphatic hydroxyl groups excluding tert-OH is 1. The molecule has 0 aliphatic rings. The molecule has 0 amide bonds. The number of ether oxygens (including phenoxy) is 3. The van der Waals surface area contributed by atoms with Crippen molar-refractivity contribution in [2.45, 2.75) is 6.61 Å². The van der Waals surface area contributed by atoms with Crippen LogP contribution in [0, 0.1) is 0 Å². The Kier molecular flexibility index (Phi) is 23.9. The fourth-order valence-electron chi connectivity index (χ4n) is 1.61. The number of halogens is 5. The molecule has 9 nitrogen and oxygen atoms in total. The van der Waals surface area contributed by atoms with Gasteiger partial charge in [-0.3, -0.25) is 4.98 Å². The molecule has 0 saturated carbocycles. The molecule has 2 heterocycles. The summed E-state index contributed by atoms with van der Waals surface area (Å²) in [6.07, 6.45) is 2.63. The van der Waals surface area contributed by atoms with Crippen molar-refractivity contribution in [3.05, 3.63) is 59.2 Å². The minimum atomic E-state index is -0.540. The Morgan fingerprint density at radius 2 is 1.26 bits per heavy atom. The van der Waals surface area contributed by atoms with Gasteiger partial charge in [0.1, 0.15) is 5.69 Å². The van der Waals surface area contributed by atoms with Crippen LogP contribution in [0.2, 0.25) is 0 Å². The molecule has 2 rings (SSSR count). The molecule has 0 aromatic carbocycles. The van der Waals surface area contributed by atoms with Crippen LogP contribution in [-0.2, 0) is 20.8 Å². The molecule has 1 N–H and O–H groups in total. The molecular weight excluding hydrogens is 979 g/mol. The van der Waals surface area contributed by atoms with Crippen LogP contribution in [0.4, 0.5) is 0 Å². The van der Waals surface area contributed by atoms with E-state index in [0.717, 1.165) is 0 Å². The summed E-state index contributed by atoms with van der Waals surface area (Å²) in [5.41, 5.74) is 1.36. The molecule has 174 valence electrons. The van der Waals surface area contributed by atoms with Crippen molar-refractivity contribution in [3.63, 3.8) is 0 Å². The monoisotopic (exact) mass is 997 g/mol. The van der Waals surface area contributed by atoms with E-state index in [1.807, 2.05) is 0 Å². The van der Waals surface area contributed by atoms with Crippen LogP contribution in [0.3, 0.4) is 0 Å². The van der Waals surface area contributed by atoms with Crippen LogP contribution >= 0.6 is 74.5 Å². The fraction of sp³-hybridized carbons (Fsp3) is 0.235. The van der Waals surface area contributed by atoms with E-state index in [2.05, 4.69) is 98.6 Å². The SMILES string of the molecule is COC(=O)c1ccc(C(=O)OC)nc1.COC(=O)c1ccc(CO)nc1.II.I[I-]I. The van der Waals surface area contributed by atoms with E-state index in [4.69, 9.17) is 5.11 Å². The molecule has 0 aliphatic carbocycles. The number of hydrogen-bond donors (Lipinski definition) is 1. The molecule has 2 aromatic heterocycles. The average Bonchev–Trinajstić information content (AvgIpc) is 2.84. The zero-order chi connectivity index (χ0) is 24.2. The van der Waals surface area contributed by atoms with Crippen molar-refractivity contribution in [3.8, 4) is 0 Å². The first kappa shape index (κ1) is 33.5. The summed E-state index contributed by atoms with van der Waals surface area (Å²) in [4.78, 5) is 40.4. The summed E-state index contributed by atoms with van der Waals surface area (Å²) in [6.45, 7) is -0.124. The zero-order valence-electron chi connectivity index (χ0n) is 16.4. The number of esters is 3. The van der Waals surface area contributed by atoms with Crippen molar-refractivity contribution in [1.29, 1.82) is 0 Å². The molecule has 31 heavy (non-hydrogen) atoms. The Balaban J connectivity index is 0. The van der Waals surface area contributed by atoms with E-state index in [0.29, 0.717) is 30.1 Å². The zero-order valence-corrected chi connectivity index (χ0v) is 27.1. The molecule has 14 heteroatoms. The molecule has 0 spiro atoms. The van der Waals surface area contributed by atoms with Crippen molar-refractivity contribution in [2.75, 3.05) is 21.3 Å². The van der Waals surface area contributed by atoms with Crippen molar-refractivity contribution < 1.29 is 47.0 Å². The number of methoxy groups -OCH3 is 3. The van der Waals surface area contributed by atoms with E-state index < -0.39 is 17.9 Å². The molecule has 2 aromatic rings. The molecule has 0 unspecified atom stereocenters. The van der Waals surface area contributed by atoms with Gasteiger partial charge in [0.05, 0.1) is 44.8 Å². The van der Waals surface area contributed by atoms with Gasteiger partial charge in [-0.25, -0.2) is 19.4 Å². The van der Waals surface area contributed by atoms with Gasteiger partial charge in [0, 0.05) is 49.6 Å². The predicted octanol–water partition coefficient (Wildman–Crippen LogP) is 1.56. The molecule has 0 radical (unpaired) electrons. The quantitative estimate of drug-likeness (QED) is 0.277. The van der Waals surface area contributed by atoms with E-state index in [1.54, 1.807) is 12.1 Å². The van der Waals surface area contributed by atoms with Gasteiger partial charge < -0.3 is 19.3 Å². The number of carbonyl (C=O) groups excluding carboxylic acids is 3. The maximum atomic E-state index is 11.0. The normalized spacial score (nSPS) is 8.77. The van der Waals surface area contributed by atoms with Crippen LogP contribution in [0.1, 0.15) is 36.9 Å². The van der Waals surface area contributed by atoms with E-state index in [9.17, 15) is 14.4 Å². The number of pyridine rings is 2. The Bertz CT molecular complexity index is 742. The second-order valence-electron chi connectivity index (χ2n) is 4.66. The summed E-state index contributed by atoms with van der Waals surface area (Å²) in [5, 5.41) is 8.65. The Morgan fingerprint density at radius 1 is 0.839 bits per heavy atom. The van der Waals surface area contributed by atoms with E-state index in [-0.39, 0.29) is 12.3 Å². The van der Waals surface area contributed by atoms with Gasteiger partial charge >= 0.3 is 68.4 Å². The van der Waals surface area contributed by atoms with Gasteiger partial charge in [-0.05, 0) is 24.3 Å². The number of carbonyl (C=O) groups is 3. The molecule has 0 bridgehead atoms. The second-order valence-corrected chi connectivity index (χ2v) is 20.9. The van der Waals surface area contributed by atoms with Gasteiger partial charge in [-0.15, -0.1) is 0 Å². The fourth-order valence-corrected chi connectivity index (χ4v) is 1.61. The Morgan fingerprint density at radius 3 is 1.55 bits per heavy atom. The summed E-state index contributed by atoms with van der Waals surface area (Å²) >= 11 is 9.54. The molecule has 0 fully saturated rings. The molecule has 0 saturated heterocycles. The first-order valence-corrected chi connectivity index (χ1v) is 26.5. The van der Waals surface area contributed by atoms with Crippen LogP contribution in [0.25, 0.3) is 0 Å². The number of nitrogens with zero attached hydrogens (tertiary/aromatic N) is 2. The van der Waals surface area contributed by atoms with Crippen LogP contribution in [0.5, 0.6) is 0 Å². The molecule has 0 aliphatic heterocycles. The summed E-state index contributed by atoms with van der Waals surface area (Å²) in [5.74, 6) is -1.46. The minimum absolute atomic E-state index is 0.124.